The van der Waals surface area contributed by atoms with Crippen LogP contribution in [0.4, 0.5) is 4.39 Å². The molecule has 0 saturated carbocycles. The quantitative estimate of drug-likeness (QED) is 0.613. The topological polar surface area (TPSA) is 36.5 Å². The largest absolute Gasteiger partial charge is 0.497 e. The van der Waals surface area contributed by atoms with Crippen LogP contribution in [-0.4, -0.2) is 34.2 Å². The van der Waals surface area contributed by atoms with E-state index in [0.717, 1.165) is 24.2 Å². The minimum absolute atomic E-state index is 0.0153. The number of ether oxygens (including phenoxy) is 1. The lowest BCUT2D eigenvalue weighted by Crippen LogP contribution is -2.62. The van der Waals surface area contributed by atoms with Crippen LogP contribution in [0.3, 0.4) is 0 Å². The first-order valence-electron chi connectivity index (χ1n) is 10.8. The van der Waals surface area contributed by atoms with Crippen molar-refractivity contribution in [2.75, 3.05) is 7.11 Å². The number of hydrogen-bond acceptors (Lipinski definition) is 3. The van der Waals surface area contributed by atoms with Gasteiger partial charge < -0.3 is 20.3 Å². The first kappa shape index (κ1) is 23.5. The van der Waals surface area contributed by atoms with Gasteiger partial charge in [0.05, 0.1) is 7.11 Å². The van der Waals surface area contributed by atoms with Crippen LogP contribution in [0, 0.1) is 5.82 Å². The Balaban J connectivity index is 1.78. The Hall–Kier alpha value is -2.18. The summed E-state index contributed by atoms with van der Waals surface area (Å²) < 4.78 is 19.7. The van der Waals surface area contributed by atoms with E-state index in [2.05, 4.69) is 38.3 Å². The van der Waals surface area contributed by atoms with Gasteiger partial charge in [0.1, 0.15) is 11.6 Å². The summed E-state index contributed by atoms with van der Waals surface area (Å²) in [5, 5.41) is 7.94. The van der Waals surface area contributed by atoms with E-state index >= 15 is 0 Å². The average molecular weight is 444 g/mol. The van der Waals surface area contributed by atoms with Crippen molar-refractivity contribution in [2.45, 2.75) is 70.7 Å². The number of nitrogens with one attached hydrogen (secondary N) is 2. The summed E-state index contributed by atoms with van der Waals surface area (Å²) in [6, 6.07) is 15.0. The fourth-order valence-electron chi connectivity index (χ4n) is 4.67. The molecule has 2 aromatic carbocycles. The van der Waals surface area contributed by atoms with E-state index < -0.39 is 0 Å². The summed E-state index contributed by atoms with van der Waals surface area (Å²) >= 11 is 5.84. The molecule has 6 heteroatoms. The highest BCUT2D eigenvalue weighted by Gasteiger charge is 2.38. The number of nitrogens with zero attached hydrogens (tertiary/aromatic N) is 1. The van der Waals surface area contributed by atoms with Gasteiger partial charge in [0, 0.05) is 35.8 Å². The summed E-state index contributed by atoms with van der Waals surface area (Å²) in [5.74, 6) is 0.596. The van der Waals surface area contributed by atoms with Crippen LogP contribution >= 0.6 is 12.2 Å². The molecule has 1 saturated heterocycles. The molecule has 0 radical (unpaired) electrons. The number of hydrogen-bond donors (Lipinski definition) is 2. The van der Waals surface area contributed by atoms with Crippen molar-refractivity contribution in [1.82, 2.24) is 15.5 Å². The molecule has 2 N–H and O–H groups in total. The molecule has 0 spiro atoms. The second-order valence-corrected chi connectivity index (χ2v) is 10.1. The highest BCUT2D eigenvalue weighted by atomic mass is 32.1. The third-order valence-corrected chi connectivity index (χ3v) is 6.03. The van der Waals surface area contributed by atoms with Crippen LogP contribution in [0.2, 0.25) is 0 Å². The molecule has 4 nitrogen and oxygen atoms in total. The normalized spacial score (nSPS) is 17.7. The summed E-state index contributed by atoms with van der Waals surface area (Å²) in [6.45, 7) is 9.88. The summed E-state index contributed by atoms with van der Waals surface area (Å²) in [5.41, 5.74) is 1.75. The second kappa shape index (κ2) is 9.53. The molecule has 0 unspecified atom stereocenters. The van der Waals surface area contributed by atoms with Crippen molar-refractivity contribution in [2.24, 2.45) is 0 Å². The number of rotatable bonds is 6. The van der Waals surface area contributed by atoms with E-state index in [-0.39, 0.29) is 22.9 Å². The molecule has 1 heterocycles. The molecule has 31 heavy (non-hydrogen) atoms. The molecule has 1 aliphatic rings. The summed E-state index contributed by atoms with van der Waals surface area (Å²) in [6.07, 6.45) is 1.93. The van der Waals surface area contributed by atoms with E-state index in [1.165, 1.54) is 6.07 Å². The van der Waals surface area contributed by atoms with Gasteiger partial charge in [-0.3, -0.25) is 0 Å². The van der Waals surface area contributed by atoms with Crippen LogP contribution in [0.15, 0.2) is 48.5 Å². The van der Waals surface area contributed by atoms with Crippen molar-refractivity contribution < 1.29 is 9.13 Å². The van der Waals surface area contributed by atoms with Gasteiger partial charge in [-0.25, -0.2) is 4.39 Å². The molecule has 1 aliphatic heterocycles. The maximum absolute atomic E-state index is 14.4. The maximum Gasteiger partial charge on any atom is 0.169 e. The molecule has 1 fully saturated rings. The molecule has 0 aromatic heterocycles. The van der Waals surface area contributed by atoms with Crippen molar-refractivity contribution in [3.8, 4) is 5.75 Å². The Bertz CT molecular complexity index is 882. The van der Waals surface area contributed by atoms with Gasteiger partial charge in [-0.05, 0) is 76.5 Å². The predicted octanol–water partition coefficient (Wildman–Crippen LogP) is 5.02. The molecule has 3 rings (SSSR count). The lowest BCUT2D eigenvalue weighted by atomic mass is 9.80. The van der Waals surface area contributed by atoms with Crippen LogP contribution in [0.25, 0.3) is 0 Å². The van der Waals surface area contributed by atoms with Gasteiger partial charge >= 0.3 is 0 Å². The molecule has 0 amide bonds. The van der Waals surface area contributed by atoms with Crippen LogP contribution < -0.4 is 15.4 Å². The Morgan fingerprint density at radius 3 is 2.26 bits per heavy atom. The summed E-state index contributed by atoms with van der Waals surface area (Å²) in [4.78, 5) is 2.04. The van der Waals surface area contributed by atoms with Crippen LogP contribution in [0.1, 0.15) is 51.7 Å². The first-order valence-corrected chi connectivity index (χ1v) is 11.2. The van der Waals surface area contributed by atoms with Gasteiger partial charge in [0.2, 0.25) is 0 Å². The molecule has 0 atom stereocenters. The van der Waals surface area contributed by atoms with Crippen molar-refractivity contribution >= 4 is 17.3 Å². The zero-order valence-electron chi connectivity index (χ0n) is 19.2. The summed E-state index contributed by atoms with van der Waals surface area (Å²) in [7, 11) is 1.65. The van der Waals surface area contributed by atoms with E-state index in [0.29, 0.717) is 23.8 Å². The van der Waals surface area contributed by atoms with Crippen LogP contribution in [-0.2, 0) is 13.1 Å². The molecule has 0 bridgehead atoms. The van der Waals surface area contributed by atoms with Gasteiger partial charge in [-0.2, -0.15) is 0 Å². The van der Waals surface area contributed by atoms with E-state index in [1.54, 1.807) is 13.2 Å². The Kier molecular flexibility index (Phi) is 7.22. The van der Waals surface area contributed by atoms with Gasteiger partial charge in [-0.1, -0.05) is 30.3 Å². The standard InChI is InChI=1S/C25H34FN3OS/c1-24(2)14-20(15-25(3,4)28-24)27-23(31)29(17-19-8-6-7-9-22(19)26)16-18-10-12-21(30-5)13-11-18/h6-13,20,28H,14-17H2,1-5H3,(H,27,31). The SMILES string of the molecule is COc1ccc(CN(Cc2ccccc2F)C(=S)NC2CC(C)(C)NC(C)(C)C2)cc1. The molecular weight excluding hydrogens is 409 g/mol. The fraction of sp³-hybridized carbons (Fsp3) is 0.480. The van der Waals surface area contributed by atoms with Crippen molar-refractivity contribution in [1.29, 1.82) is 0 Å². The maximum atomic E-state index is 14.4. The number of benzene rings is 2. The molecule has 168 valence electrons. The Morgan fingerprint density at radius 2 is 1.68 bits per heavy atom. The minimum Gasteiger partial charge on any atom is -0.497 e. The van der Waals surface area contributed by atoms with Crippen LogP contribution in [0.5, 0.6) is 5.75 Å². The zero-order valence-corrected chi connectivity index (χ0v) is 20.0. The lowest BCUT2D eigenvalue weighted by molar-refractivity contribution is 0.153. The van der Waals surface area contributed by atoms with Gasteiger partial charge in [0.15, 0.2) is 5.11 Å². The molecule has 0 aliphatic carbocycles. The molecular formula is C25H34FN3OS. The van der Waals surface area contributed by atoms with E-state index in [4.69, 9.17) is 17.0 Å². The second-order valence-electron chi connectivity index (χ2n) is 9.74. The highest BCUT2D eigenvalue weighted by Crippen LogP contribution is 2.29. The zero-order chi connectivity index (χ0) is 22.6. The van der Waals surface area contributed by atoms with E-state index in [9.17, 15) is 4.39 Å². The average Bonchev–Trinajstić information content (AvgIpc) is 2.67. The van der Waals surface area contributed by atoms with E-state index in [1.807, 2.05) is 41.3 Å². The predicted molar refractivity (Wildman–Crippen MR) is 129 cm³/mol. The Morgan fingerprint density at radius 1 is 1.06 bits per heavy atom. The minimum atomic E-state index is -0.214. The number of methoxy groups -OCH3 is 1. The van der Waals surface area contributed by atoms with Crippen molar-refractivity contribution in [3.05, 3.63) is 65.5 Å². The van der Waals surface area contributed by atoms with Gasteiger partial charge in [0.25, 0.3) is 0 Å². The monoisotopic (exact) mass is 443 g/mol. The lowest BCUT2D eigenvalue weighted by Gasteiger charge is -2.47. The van der Waals surface area contributed by atoms with Gasteiger partial charge in [-0.15, -0.1) is 0 Å². The molecule has 2 aromatic rings. The number of piperidine rings is 1. The highest BCUT2D eigenvalue weighted by molar-refractivity contribution is 7.80. The van der Waals surface area contributed by atoms with Crippen molar-refractivity contribution in [3.63, 3.8) is 0 Å². The number of thiocarbonyl (C=S) groups is 1. The smallest absolute Gasteiger partial charge is 0.169 e. The Labute approximate surface area is 191 Å². The third-order valence-electron chi connectivity index (χ3n) is 5.66. The fourth-order valence-corrected chi connectivity index (χ4v) is 4.97. The third kappa shape index (κ3) is 6.65. The first-order chi connectivity index (χ1) is 14.6. The number of halogens is 1.